The zero-order chi connectivity index (χ0) is 14.2. The second-order valence-electron chi connectivity index (χ2n) is 6.05. The van der Waals surface area contributed by atoms with E-state index < -0.39 is 0 Å². The molecule has 1 heterocycles. The number of hydrogen-bond donors (Lipinski definition) is 0. The Labute approximate surface area is 125 Å². The molecule has 2 nitrogen and oxygen atoms in total. The number of benzene rings is 1. The van der Waals surface area contributed by atoms with Crippen LogP contribution in [-0.2, 0) is 11.8 Å². The molecule has 3 heteroatoms. The molecular formula is C17H19ClN2. The third kappa shape index (κ3) is 2.57. The maximum Gasteiger partial charge on any atom is 0.140 e. The van der Waals surface area contributed by atoms with Crippen LogP contribution in [0.3, 0.4) is 0 Å². The molecule has 1 fully saturated rings. The van der Waals surface area contributed by atoms with Gasteiger partial charge in [-0.1, -0.05) is 55.8 Å². The van der Waals surface area contributed by atoms with Crippen LogP contribution < -0.4 is 0 Å². The van der Waals surface area contributed by atoms with Gasteiger partial charge in [0.05, 0.1) is 5.41 Å². The predicted octanol–water partition coefficient (Wildman–Crippen LogP) is 4.41. The third-order valence-corrected chi connectivity index (χ3v) is 4.06. The summed E-state index contributed by atoms with van der Waals surface area (Å²) in [6.07, 6.45) is 3.16. The second-order valence-corrected chi connectivity index (χ2v) is 6.44. The predicted molar refractivity (Wildman–Crippen MR) is 82.0 cm³/mol. The van der Waals surface area contributed by atoms with Gasteiger partial charge in [-0.2, -0.15) is 0 Å². The maximum atomic E-state index is 6.20. The lowest BCUT2D eigenvalue weighted by atomic mass is 9.95. The number of halogens is 1. The van der Waals surface area contributed by atoms with E-state index in [4.69, 9.17) is 16.6 Å². The van der Waals surface area contributed by atoms with Crippen LogP contribution in [0.1, 0.15) is 43.8 Å². The van der Waals surface area contributed by atoms with Gasteiger partial charge in [0.25, 0.3) is 0 Å². The number of aromatic nitrogens is 2. The van der Waals surface area contributed by atoms with Crippen LogP contribution >= 0.6 is 11.6 Å². The highest BCUT2D eigenvalue weighted by Gasteiger charge is 2.48. The molecule has 3 rings (SSSR count). The summed E-state index contributed by atoms with van der Waals surface area (Å²) < 4.78 is 0. The summed E-state index contributed by atoms with van der Waals surface area (Å²) in [5.74, 6) is 1.47. The lowest BCUT2D eigenvalue weighted by molar-refractivity contribution is 0.624. The molecule has 1 aromatic carbocycles. The van der Waals surface area contributed by atoms with Crippen molar-refractivity contribution < 1.29 is 0 Å². The topological polar surface area (TPSA) is 25.8 Å². The van der Waals surface area contributed by atoms with Gasteiger partial charge in [0, 0.05) is 5.69 Å². The first-order valence-corrected chi connectivity index (χ1v) is 7.57. The molecule has 1 aromatic heterocycles. The average molecular weight is 287 g/mol. The van der Waals surface area contributed by atoms with E-state index in [-0.39, 0.29) is 5.41 Å². The largest absolute Gasteiger partial charge is 0.237 e. The van der Waals surface area contributed by atoms with E-state index in [0.29, 0.717) is 11.1 Å². The summed E-state index contributed by atoms with van der Waals surface area (Å²) in [7, 11) is 0. The summed E-state index contributed by atoms with van der Waals surface area (Å²) in [6, 6.07) is 12.4. The van der Waals surface area contributed by atoms with E-state index >= 15 is 0 Å². The molecule has 1 aliphatic rings. The minimum absolute atomic E-state index is 0.00209. The van der Waals surface area contributed by atoms with Crippen molar-refractivity contribution >= 4 is 11.6 Å². The average Bonchev–Trinajstić information content (AvgIpc) is 3.19. The van der Waals surface area contributed by atoms with E-state index in [1.54, 1.807) is 0 Å². The molecular weight excluding hydrogens is 268 g/mol. The van der Waals surface area contributed by atoms with Crippen molar-refractivity contribution in [1.82, 2.24) is 9.97 Å². The van der Waals surface area contributed by atoms with Crippen molar-refractivity contribution in [2.24, 2.45) is 5.92 Å². The first-order chi connectivity index (χ1) is 9.60. The Morgan fingerprint density at radius 2 is 1.85 bits per heavy atom. The minimum atomic E-state index is -0.00209. The maximum absolute atomic E-state index is 6.20. The molecule has 0 unspecified atom stereocenters. The Morgan fingerprint density at radius 1 is 1.15 bits per heavy atom. The van der Waals surface area contributed by atoms with Crippen molar-refractivity contribution in [2.75, 3.05) is 0 Å². The summed E-state index contributed by atoms with van der Waals surface area (Å²) in [5, 5.41) is 0.563. The van der Waals surface area contributed by atoms with Gasteiger partial charge in [0.15, 0.2) is 0 Å². The van der Waals surface area contributed by atoms with Crippen molar-refractivity contribution in [2.45, 2.75) is 38.5 Å². The van der Waals surface area contributed by atoms with Crippen LogP contribution in [0, 0.1) is 5.92 Å². The highest BCUT2D eigenvalue weighted by Crippen LogP contribution is 2.52. The molecule has 1 aliphatic carbocycles. The Kier molecular flexibility index (Phi) is 3.51. The highest BCUT2D eigenvalue weighted by molar-refractivity contribution is 6.29. The molecule has 20 heavy (non-hydrogen) atoms. The monoisotopic (exact) mass is 286 g/mol. The van der Waals surface area contributed by atoms with Gasteiger partial charge < -0.3 is 0 Å². The Morgan fingerprint density at radius 3 is 2.45 bits per heavy atom. The molecule has 0 spiro atoms. The smallest absolute Gasteiger partial charge is 0.140 e. The first-order valence-electron chi connectivity index (χ1n) is 7.20. The summed E-state index contributed by atoms with van der Waals surface area (Å²) in [6.45, 7) is 4.39. The normalized spacial score (nSPS) is 16.4. The molecule has 0 saturated heterocycles. The van der Waals surface area contributed by atoms with Crippen LogP contribution in [-0.4, -0.2) is 9.97 Å². The number of hydrogen-bond acceptors (Lipinski definition) is 2. The van der Waals surface area contributed by atoms with Gasteiger partial charge in [0.2, 0.25) is 0 Å². The summed E-state index contributed by atoms with van der Waals surface area (Å²) in [4.78, 5) is 9.29. The van der Waals surface area contributed by atoms with Gasteiger partial charge in [-0.15, -0.1) is 0 Å². The molecule has 2 aromatic rings. The van der Waals surface area contributed by atoms with Gasteiger partial charge in [-0.05, 0) is 36.8 Å². The highest BCUT2D eigenvalue weighted by atomic mass is 35.5. The lowest BCUT2D eigenvalue weighted by Gasteiger charge is -2.16. The van der Waals surface area contributed by atoms with E-state index in [9.17, 15) is 0 Å². The first kappa shape index (κ1) is 13.6. The molecule has 0 bridgehead atoms. The zero-order valence-electron chi connectivity index (χ0n) is 11.9. The summed E-state index contributed by atoms with van der Waals surface area (Å²) >= 11 is 6.20. The van der Waals surface area contributed by atoms with Crippen LogP contribution in [0.5, 0.6) is 0 Å². The van der Waals surface area contributed by atoms with Crippen LogP contribution in [0.15, 0.2) is 36.4 Å². The van der Waals surface area contributed by atoms with Crippen molar-refractivity contribution in [1.29, 1.82) is 0 Å². The minimum Gasteiger partial charge on any atom is -0.237 e. The van der Waals surface area contributed by atoms with Gasteiger partial charge in [0.1, 0.15) is 11.0 Å². The molecule has 1 saturated carbocycles. The molecule has 0 amide bonds. The lowest BCUT2D eigenvalue weighted by Crippen LogP contribution is -2.15. The third-order valence-electron chi connectivity index (χ3n) is 3.87. The fourth-order valence-electron chi connectivity index (χ4n) is 2.72. The Hall–Kier alpha value is -1.41. The van der Waals surface area contributed by atoms with Crippen molar-refractivity contribution in [3.05, 3.63) is 58.6 Å². The molecule has 0 N–H and O–H groups in total. The van der Waals surface area contributed by atoms with Crippen LogP contribution in [0.4, 0.5) is 0 Å². The SMILES string of the molecule is CC(C)Cc1cc(Cl)nc(C2(c3ccccc3)CC2)n1. The van der Waals surface area contributed by atoms with Gasteiger partial charge in [-0.3, -0.25) is 0 Å². The van der Waals surface area contributed by atoms with E-state index in [1.165, 1.54) is 5.56 Å². The molecule has 104 valence electrons. The Bertz CT molecular complexity index is 604. The number of nitrogens with zero attached hydrogens (tertiary/aromatic N) is 2. The molecule has 0 aliphatic heterocycles. The van der Waals surface area contributed by atoms with E-state index in [2.05, 4.69) is 43.1 Å². The molecule has 0 atom stereocenters. The van der Waals surface area contributed by atoms with Crippen LogP contribution in [0.2, 0.25) is 5.15 Å². The van der Waals surface area contributed by atoms with Gasteiger partial charge >= 0.3 is 0 Å². The Balaban J connectivity index is 2.00. The van der Waals surface area contributed by atoms with Crippen LogP contribution in [0.25, 0.3) is 0 Å². The number of rotatable bonds is 4. The quantitative estimate of drug-likeness (QED) is 0.778. The zero-order valence-corrected chi connectivity index (χ0v) is 12.7. The summed E-state index contributed by atoms with van der Waals surface area (Å²) in [5.41, 5.74) is 2.35. The van der Waals surface area contributed by atoms with E-state index in [0.717, 1.165) is 30.8 Å². The van der Waals surface area contributed by atoms with Gasteiger partial charge in [-0.25, -0.2) is 9.97 Å². The molecule has 0 radical (unpaired) electrons. The fraction of sp³-hybridized carbons (Fsp3) is 0.412. The standard InChI is InChI=1S/C17H19ClN2/c1-12(2)10-14-11-15(18)20-16(19-14)17(8-9-17)13-6-4-3-5-7-13/h3-7,11-12H,8-10H2,1-2H3. The van der Waals surface area contributed by atoms with Crippen molar-refractivity contribution in [3.8, 4) is 0 Å². The fourth-order valence-corrected chi connectivity index (χ4v) is 2.93. The van der Waals surface area contributed by atoms with E-state index in [1.807, 2.05) is 12.1 Å². The van der Waals surface area contributed by atoms with Crippen molar-refractivity contribution in [3.63, 3.8) is 0 Å². The second kappa shape index (κ2) is 5.17.